The molecule has 1 aromatic carbocycles. The quantitative estimate of drug-likeness (QED) is 0.775. The first-order valence-electron chi connectivity index (χ1n) is 5.56. The van der Waals surface area contributed by atoms with Crippen LogP contribution in [0, 0.1) is 5.82 Å². The van der Waals surface area contributed by atoms with E-state index < -0.39 is 5.82 Å². The summed E-state index contributed by atoms with van der Waals surface area (Å²) in [6.45, 7) is 0.518. The van der Waals surface area contributed by atoms with E-state index in [1.54, 1.807) is 30.4 Å². The van der Waals surface area contributed by atoms with Crippen molar-refractivity contribution in [1.82, 2.24) is 4.98 Å². The van der Waals surface area contributed by atoms with Gasteiger partial charge in [-0.1, -0.05) is 6.07 Å². The summed E-state index contributed by atoms with van der Waals surface area (Å²) < 4.78 is 13.8. The van der Waals surface area contributed by atoms with Gasteiger partial charge in [0.2, 0.25) is 0 Å². The summed E-state index contributed by atoms with van der Waals surface area (Å²) in [6.07, 6.45) is 4.04. The summed E-state index contributed by atoms with van der Waals surface area (Å²) in [4.78, 5) is 16.6. The minimum Gasteiger partial charge on any atom is -0.367 e. The Morgan fingerprint density at radius 2 is 2.00 bits per heavy atom. The standard InChI is InChI=1S/C14H13FN2O/c1-17(9-11-5-7-16-8-6-11)14-12(10-18)3-2-4-13(14)15/h2-8,10H,9H2,1H3. The molecule has 92 valence electrons. The van der Waals surface area contributed by atoms with E-state index in [4.69, 9.17) is 0 Å². The third-order valence-electron chi connectivity index (χ3n) is 2.70. The highest BCUT2D eigenvalue weighted by atomic mass is 19.1. The molecule has 0 aliphatic heterocycles. The van der Waals surface area contributed by atoms with Crippen molar-refractivity contribution < 1.29 is 9.18 Å². The highest BCUT2D eigenvalue weighted by Gasteiger charge is 2.12. The Balaban J connectivity index is 2.29. The molecule has 0 N–H and O–H groups in total. The number of para-hydroxylation sites is 1. The number of rotatable bonds is 4. The van der Waals surface area contributed by atoms with Crippen molar-refractivity contribution >= 4 is 12.0 Å². The van der Waals surface area contributed by atoms with Gasteiger partial charge in [0, 0.05) is 31.5 Å². The molecule has 3 nitrogen and oxygen atoms in total. The van der Waals surface area contributed by atoms with E-state index in [1.807, 2.05) is 12.1 Å². The van der Waals surface area contributed by atoms with Crippen molar-refractivity contribution in [3.05, 3.63) is 59.7 Å². The van der Waals surface area contributed by atoms with Crippen molar-refractivity contribution in [1.29, 1.82) is 0 Å². The molecule has 0 saturated carbocycles. The number of aldehydes is 1. The van der Waals surface area contributed by atoms with Crippen molar-refractivity contribution in [2.45, 2.75) is 6.54 Å². The summed E-state index contributed by atoms with van der Waals surface area (Å²) in [5.41, 5.74) is 1.68. The predicted molar refractivity (Wildman–Crippen MR) is 68.1 cm³/mol. The second-order valence-electron chi connectivity index (χ2n) is 4.01. The van der Waals surface area contributed by atoms with Gasteiger partial charge in [-0.15, -0.1) is 0 Å². The average Bonchev–Trinajstić information content (AvgIpc) is 2.39. The largest absolute Gasteiger partial charge is 0.367 e. The van der Waals surface area contributed by atoms with E-state index in [9.17, 15) is 9.18 Å². The van der Waals surface area contributed by atoms with E-state index in [0.29, 0.717) is 24.1 Å². The third-order valence-corrected chi connectivity index (χ3v) is 2.70. The Kier molecular flexibility index (Phi) is 3.67. The average molecular weight is 244 g/mol. The predicted octanol–water partition coefficient (Wildman–Crippen LogP) is 2.67. The van der Waals surface area contributed by atoms with E-state index >= 15 is 0 Å². The normalized spacial score (nSPS) is 10.1. The van der Waals surface area contributed by atoms with Crippen LogP contribution in [-0.4, -0.2) is 18.3 Å². The number of anilines is 1. The Hall–Kier alpha value is -2.23. The molecule has 0 amide bonds. The Labute approximate surface area is 105 Å². The van der Waals surface area contributed by atoms with Gasteiger partial charge in [-0.25, -0.2) is 4.39 Å². The molecule has 0 bridgehead atoms. The zero-order valence-electron chi connectivity index (χ0n) is 10.0. The fourth-order valence-corrected chi connectivity index (χ4v) is 1.87. The number of aromatic nitrogens is 1. The molecule has 4 heteroatoms. The first-order chi connectivity index (χ1) is 8.72. The summed E-state index contributed by atoms with van der Waals surface area (Å²) in [5.74, 6) is -0.392. The molecule has 0 radical (unpaired) electrons. The van der Waals surface area contributed by atoms with Crippen LogP contribution in [0.15, 0.2) is 42.7 Å². The van der Waals surface area contributed by atoms with Crippen molar-refractivity contribution in [3.8, 4) is 0 Å². The van der Waals surface area contributed by atoms with Gasteiger partial charge in [0.1, 0.15) is 5.82 Å². The van der Waals surface area contributed by atoms with Crippen LogP contribution in [0.2, 0.25) is 0 Å². The second kappa shape index (κ2) is 5.40. The lowest BCUT2D eigenvalue weighted by molar-refractivity contribution is 0.112. The minimum atomic E-state index is -0.392. The van der Waals surface area contributed by atoms with Gasteiger partial charge in [0.05, 0.1) is 5.69 Å². The lowest BCUT2D eigenvalue weighted by atomic mass is 10.1. The van der Waals surface area contributed by atoms with Gasteiger partial charge >= 0.3 is 0 Å². The molecule has 0 atom stereocenters. The molecule has 0 aliphatic carbocycles. The molecule has 18 heavy (non-hydrogen) atoms. The van der Waals surface area contributed by atoms with Crippen LogP contribution in [0.3, 0.4) is 0 Å². The fraction of sp³-hybridized carbons (Fsp3) is 0.143. The van der Waals surface area contributed by atoms with Crippen LogP contribution in [-0.2, 0) is 6.54 Å². The number of benzene rings is 1. The van der Waals surface area contributed by atoms with Gasteiger partial charge in [0.15, 0.2) is 6.29 Å². The van der Waals surface area contributed by atoms with Crippen molar-refractivity contribution in [2.75, 3.05) is 11.9 Å². The van der Waals surface area contributed by atoms with E-state index in [0.717, 1.165) is 5.56 Å². The van der Waals surface area contributed by atoms with Crippen LogP contribution in [0.25, 0.3) is 0 Å². The molecular weight excluding hydrogens is 231 g/mol. The number of carbonyl (C=O) groups excluding carboxylic acids is 1. The monoisotopic (exact) mass is 244 g/mol. The number of halogens is 1. The molecular formula is C14H13FN2O. The van der Waals surface area contributed by atoms with Gasteiger partial charge in [-0.05, 0) is 29.8 Å². The molecule has 2 rings (SSSR count). The van der Waals surface area contributed by atoms with E-state index in [1.165, 1.54) is 12.1 Å². The summed E-state index contributed by atoms with van der Waals surface area (Å²) in [6, 6.07) is 8.21. The molecule has 1 heterocycles. The number of hydrogen-bond acceptors (Lipinski definition) is 3. The molecule has 0 fully saturated rings. The first-order valence-corrected chi connectivity index (χ1v) is 5.56. The Bertz CT molecular complexity index is 543. The molecule has 0 unspecified atom stereocenters. The van der Waals surface area contributed by atoms with E-state index in [2.05, 4.69) is 4.98 Å². The zero-order chi connectivity index (χ0) is 13.0. The second-order valence-corrected chi connectivity index (χ2v) is 4.01. The van der Waals surface area contributed by atoms with Crippen LogP contribution in [0.4, 0.5) is 10.1 Å². The Morgan fingerprint density at radius 1 is 1.28 bits per heavy atom. The number of pyridine rings is 1. The lowest BCUT2D eigenvalue weighted by Gasteiger charge is -2.21. The van der Waals surface area contributed by atoms with Gasteiger partial charge in [-0.3, -0.25) is 9.78 Å². The zero-order valence-corrected chi connectivity index (χ0v) is 10.0. The lowest BCUT2D eigenvalue weighted by Crippen LogP contribution is -2.19. The van der Waals surface area contributed by atoms with E-state index in [-0.39, 0.29) is 0 Å². The molecule has 2 aromatic rings. The summed E-state index contributed by atoms with van der Waals surface area (Å²) in [7, 11) is 1.76. The maximum Gasteiger partial charge on any atom is 0.152 e. The maximum atomic E-state index is 13.8. The molecule has 0 aliphatic rings. The van der Waals surface area contributed by atoms with Crippen LogP contribution in [0.1, 0.15) is 15.9 Å². The maximum absolute atomic E-state index is 13.8. The Morgan fingerprint density at radius 3 is 2.67 bits per heavy atom. The number of nitrogens with zero attached hydrogens (tertiary/aromatic N) is 2. The molecule has 0 saturated heterocycles. The fourth-order valence-electron chi connectivity index (χ4n) is 1.87. The summed E-state index contributed by atoms with van der Waals surface area (Å²) in [5, 5.41) is 0. The molecule has 0 spiro atoms. The van der Waals surface area contributed by atoms with Gasteiger partial charge < -0.3 is 4.90 Å². The summed E-state index contributed by atoms with van der Waals surface area (Å²) >= 11 is 0. The number of hydrogen-bond donors (Lipinski definition) is 0. The van der Waals surface area contributed by atoms with Crippen LogP contribution in [0.5, 0.6) is 0 Å². The van der Waals surface area contributed by atoms with Crippen molar-refractivity contribution in [3.63, 3.8) is 0 Å². The minimum absolute atomic E-state index is 0.323. The highest BCUT2D eigenvalue weighted by Crippen LogP contribution is 2.23. The molecule has 1 aromatic heterocycles. The van der Waals surface area contributed by atoms with Crippen LogP contribution < -0.4 is 4.90 Å². The van der Waals surface area contributed by atoms with Gasteiger partial charge in [0.25, 0.3) is 0 Å². The van der Waals surface area contributed by atoms with Gasteiger partial charge in [-0.2, -0.15) is 0 Å². The topological polar surface area (TPSA) is 33.2 Å². The third kappa shape index (κ3) is 2.53. The smallest absolute Gasteiger partial charge is 0.152 e. The highest BCUT2D eigenvalue weighted by molar-refractivity contribution is 5.84. The van der Waals surface area contributed by atoms with Crippen molar-refractivity contribution in [2.24, 2.45) is 0 Å². The first kappa shape index (κ1) is 12.2. The van der Waals surface area contributed by atoms with Crippen LogP contribution >= 0.6 is 0 Å². The number of carbonyl (C=O) groups is 1. The SMILES string of the molecule is CN(Cc1ccncc1)c1c(F)cccc1C=O.